The van der Waals surface area contributed by atoms with E-state index in [4.69, 9.17) is 14.2 Å². The van der Waals surface area contributed by atoms with Crippen LogP contribution in [0.15, 0.2) is 48.5 Å². The van der Waals surface area contributed by atoms with Gasteiger partial charge in [0.1, 0.15) is 11.4 Å². The van der Waals surface area contributed by atoms with Crippen molar-refractivity contribution in [1.82, 2.24) is 5.32 Å². The van der Waals surface area contributed by atoms with Crippen LogP contribution >= 0.6 is 0 Å². The Labute approximate surface area is 146 Å². The van der Waals surface area contributed by atoms with Crippen LogP contribution in [0.25, 0.3) is 0 Å². The molecule has 4 rings (SSSR count). The third-order valence-corrected chi connectivity index (χ3v) is 4.81. The molecule has 5 heteroatoms. The number of hydrogen-bond acceptors (Lipinski definition) is 4. The number of nitrogens with one attached hydrogen (secondary N) is 1. The first-order chi connectivity index (χ1) is 12.2. The molecule has 25 heavy (non-hydrogen) atoms. The number of para-hydroxylation sites is 2. The summed E-state index contributed by atoms with van der Waals surface area (Å²) in [6.07, 6.45) is 0.452. The lowest BCUT2D eigenvalue weighted by molar-refractivity contribution is -0.0669. The highest BCUT2D eigenvalue weighted by atomic mass is 19.1. The molecule has 132 valence electrons. The molecular formula is C20H22FNO3. The summed E-state index contributed by atoms with van der Waals surface area (Å²) in [5.74, 6) is 1.05. The van der Waals surface area contributed by atoms with Gasteiger partial charge in [0.05, 0.1) is 13.2 Å². The molecule has 3 atom stereocenters. The maximum Gasteiger partial charge on any atom is 0.162 e. The van der Waals surface area contributed by atoms with E-state index in [0.29, 0.717) is 24.7 Å². The molecule has 2 aromatic rings. The standard InChI is InChI=1S/C20H22FNO3/c1-2-23-16-8-3-4-9-17(16)25-19(14-6-5-7-15(21)12-14)20-13-18(20)22-10-11-24-20/h3-9,12,18-19,22H,2,10-11,13H2,1H3/t18-,19?,20?/m0/s1. The SMILES string of the molecule is CCOc1ccccc1OC(c1cccc(F)c1)C12C[C@@H]1NCCO2. The molecule has 2 aromatic carbocycles. The van der Waals surface area contributed by atoms with E-state index < -0.39 is 11.7 Å². The predicted molar refractivity (Wildman–Crippen MR) is 92.5 cm³/mol. The molecule has 1 aliphatic carbocycles. The first-order valence-electron chi connectivity index (χ1n) is 8.74. The third kappa shape index (κ3) is 3.10. The number of rotatable bonds is 6. The maximum absolute atomic E-state index is 13.8. The molecule has 2 aliphatic rings. The van der Waals surface area contributed by atoms with E-state index in [-0.39, 0.29) is 11.9 Å². The van der Waals surface area contributed by atoms with Gasteiger partial charge in [0, 0.05) is 19.0 Å². The highest BCUT2D eigenvalue weighted by Gasteiger charge is 2.64. The van der Waals surface area contributed by atoms with Crippen LogP contribution in [0.1, 0.15) is 25.0 Å². The topological polar surface area (TPSA) is 39.7 Å². The zero-order chi connectivity index (χ0) is 17.3. The summed E-state index contributed by atoms with van der Waals surface area (Å²) < 4.78 is 32.0. The molecule has 0 aromatic heterocycles. The predicted octanol–water partition coefficient (Wildman–Crippen LogP) is 3.48. The minimum Gasteiger partial charge on any atom is -0.490 e. The Hall–Kier alpha value is -2.11. The normalized spacial score (nSPS) is 25.8. The quantitative estimate of drug-likeness (QED) is 0.872. The smallest absolute Gasteiger partial charge is 0.162 e. The minimum atomic E-state index is -0.453. The monoisotopic (exact) mass is 343 g/mol. The Balaban J connectivity index is 1.69. The average Bonchev–Trinajstić information content (AvgIpc) is 3.36. The lowest BCUT2D eigenvalue weighted by Gasteiger charge is -2.32. The van der Waals surface area contributed by atoms with Gasteiger partial charge < -0.3 is 19.5 Å². The summed E-state index contributed by atoms with van der Waals surface area (Å²) in [7, 11) is 0. The van der Waals surface area contributed by atoms with Gasteiger partial charge in [-0.3, -0.25) is 0 Å². The zero-order valence-electron chi connectivity index (χ0n) is 14.2. The summed E-state index contributed by atoms with van der Waals surface area (Å²) in [4.78, 5) is 0. The molecule has 0 radical (unpaired) electrons. The van der Waals surface area contributed by atoms with Crippen molar-refractivity contribution < 1.29 is 18.6 Å². The van der Waals surface area contributed by atoms with E-state index in [1.54, 1.807) is 6.07 Å². The summed E-state index contributed by atoms with van der Waals surface area (Å²) in [6, 6.07) is 14.4. The number of hydrogen-bond donors (Lipinski definition) is 1. The Morgan fingerprint density at radius 2 is 2.08 bits per heavy atom. The van der Waals surface area contributed by atoms with Gasteiger partial charge in [0.25, 0.3) is 0 Å². The lowest BCUT2D eigenvalue weighted by Crippen LogP contribution is -2.43. The van der Waals surface area contributed by atoms with Gasteiger partial charge >= 0.3 is 0 Å². The van der Waals surface area contributed by atoms with Crippen LogP contribution in [-0.2, 0) is 4.74 Å². The summed E-state index contributed by atoms with van der Waals surface area (Å²) in [6.45, 7) is 3.94. The largest absolute Gasteiger partial charge is 0.490 e. The summed E-state index contributed by atoms with van der Waals surface area (Å²) in [5.41, 5.74) is 0.322. The van der Waals surface area contributed by atoms with Crippen molar-refractivity contribution in [1.29, 1.82) is 0 Å². The fraction of sp³-hybridized carbons (Fsp3) is 0.400. The van der Waals surface area contributed by atoms with Crippen molar-refractivity contribution >= 4 is 0 Å². The van der Waals surface area contributed by atoms with E-state index in [1.807, 2.05) is 37.3 Å². The molecule has 4 nitrogen and oxygen atoms in total. The number of halogens is 1. The fourth-order valence-corrected chi connectivity index (χ4v) is 3.57. The van der Waals surface area contributed by atoms with E-state index in [2.05, 4.69) is 5.32 Å². The highest BCUT2D eigenvalue weighted by Crippen LogP contribution is 2.53. The Bertz CT molecular complexity index is 753. The third-order valence-electron chi connectivity index (χ3n) is 4.81. The van der Waals surface area contributed by atoms with Crippen LogP contribution in [0.4, 0.5) is 4.39 Å². The Morgan fingerprint density at radius 3 is 2.84 bits per heavy atom. The molecular weight excluding hydrogens is 321 g/mol. The Kier molecular flexibility index (Phi) is 4.36. The van der Waals surface area contributed by atoms with E-state index in [1.165, 1.54) is 12.1 Å². The second kappa shape index (κ2) is 6.65. The van der Waals surface area contributed by atoms with Crippen molar-refractivity contribution in [3.05, 3.63) is 59.9 Å². The van der Waals surface area contributed by atoms with Gasteiger partial charge in [0.15, 0.2) is 17.6 Å². The minimum absolute atomic E-state index is 0.230. The van der Waals surface area contributed by atoms with Gasteiger partial charge in [-0.1, -0.05) is 24.3 Å². The Morgan fingerprint density at radius 1 is 1.24 bits per heavy atom. The number of ether oxygens (including phenoxy) is 3. The van der Waals surface area contributed by atoms with Crippen LogP contribution in [-0.4, -0.2) is 31.4 Å². The molecule has 2 unspecified atom stereocenters. The highest BCUT2D eigenvalue weighted by molar-refractivity contribution is 5.41. The summed E-state index contributed by atoms with van der Waals surface area (Å²) >= 11 is 0. The van der Waals surface area contributed by atoms with Crippen LogP contribution in [0.5, 0.6) is 11.5 Å². The molecule has 0 amide bonds. The van der Waals surface area contributed by atoms with Crippen LogP contribution in [0, 0.1) is 5.82 Å². The fourth-order valence-electron chi connectivity index (χ4n) is 3.57. The van der Waals surface area contributed by atoms with Gasteiger partial charge in [-0.15, -0.1) is 0 Å². The molecule has 1 saturated heterocycles. The van der Waals surface area contributed by atoms with Crippen molar-refractivity contribution in [3.63, 3.8) is 0 Å². The molecule has 2 fully saturated rings. The zero-order valence-corrected chi connectivity index (χ0v) is 14.2. The molecule has 1 N–H and O–H groups in total. The van der Waals surface area contributed by atoms with E-state index in [9.17, 15) is 4.39 Å². The molecule has 1 saturated carbocycles. The first kappa shape index (κ1) is 16.4. The lowest BCUT2D eigenvalue weighted by atomic mass is 10.0. The van der Waals surface area contributed by atoms with Crippen LogP contribution in [0.2, 0.25) is 0 Å². The average molecular weight is 343 g/mol. The van der Waals surface area contributed by atoms with Crippen molar-refractivity contribution in [3.8, 4) is 11.5 Å². The first-order valence-corrected chi connectivity index (χ1v) is 8.74. The van der Waals surface area contributed by atoms with Gasteiger partial charge in [-0.2, -0.15) is 0 Å². The second-order valence-electron chi connectivity index (χ2n) is 6.45. The second-order valence-corrected chi connectivity index (χ2v) is 6.45. The number of fused-ring (bicyclic) bond motifs is 1. The van der Waals surface area contributed by atoms with Gasteiger partial charge in [-0.25, -0.2) is 4.39 Å². The number of morpholine rings is 1. The maximum atomic E-state index is 13.8. The number of benzene rings is 2. The molecule has 1 aliphatic heterocycles. The van der Waals surface area contributed by atoms with Crippen molar-refractivity contribution in [2.75, 3.05) is 19.8 Å². The van der Waals surface area contributed by atoms with Gasteiger partial charge in [0.2, 0.25) is 0 Å². The van der Waals surface area contributed by atoms with Crippen LogP contribution in [0.3, 0.4) is 0 Å². The van der Waals surface area contributed by atoms with Crippen LogP contribution < -0.4 is 14.8 Å². The van der Waals surface area contributed by atoms with E-state index >= 15 is 0 Å². The summed E-state index contributed by atoms with van der Waals surface area (Å²) in [5, 5.41) is 3.46. The van der Waals surface area contributed by atoms with Crippen molar-refractivity contribution in [2.24, 2.45) is 0 Å². The molecule has 1 heterocycles. The van der Waals surface area contributed by atoms with E-state index in [0.717, 1.165) is 18.5 Å². The molecule has 0 bridgehead atoms. The molecule has 0 spiro atoms. The van der Waals surface area contributed by atoms with Gasteiger partial charge in [-0.05, 0) is 36.8 Å². The van der Waals surface area contributed by atoms with Crippen molar-refractivity contribution in [2.45, 2.75) is 31.1 Å².